The number of rotatable bonds is 20. The lowest BCUT2D eigenvalue weighted by Gasteiger charge is -2.04. The highest BCUT2D eigenvalue weighted by Gasteiger charge is 2.16. The maximum absolute atomic E-state index is 10.6. The number of fused-ring (bicyclic) bond motifs is 2. The highest BCUT2D eigenvalue weighted by molar-refractivity contribution is 7.98. The van der Waals surface area contributed by atoms with Crippen molar-refractivity contribution in [3.8, 4) is 0 Å². The second kappa shape index (κ2) is 34.3. The molecule has 0 radical (unpaired) electrons. The van der Waals surface area contributed by atoms with Crippen molar-refractivity contribution in [3.05, 3.63) is 72.1 Å². The summed E-state index contributed by atoms with van der Waals surface area (Å²) in [6.45, 7) is 0.0989. The molecule has 2 aromatic carbocycles. The quantitative estimate of drug-likeness (QED) is 0.0452. The van der Waals surface area contributed by atoms with Crippen molar-refractivity contribution in [2.24, 2.45) is 45.9 Å². The molecule has 0 unspecified atom stereocenters. The number of benzene rings is 2. The Balaban J connectivity index is 0. The van der Waals surface area contributed by atoms with E-state index in [1.54, 1.807) is 11.8 Å². The lowest BCUT2D eigenvalue weighted by Crippen LogP contribution is -2.34. The number of para-hydroxylation sites is 2. The van der Waals surface area contributed by atoms with Crippen LogP contribution < -0.4 is 45.9 Å². The number of aromatic nitrogens is 2. The summed E-state index contributed by atoms with van der Waals surface area (Å²) < 4.78 is 0. The molecule has 6 atom stereocenters. The van der Waals surface area contributed by atoms with Gasteiger partial charge in [0.2, 0.25) is 5.91 Å². The van der Waals surface area contributed by atoms with Gasteiger partial charge in [-0.05, 0) is 61.1 Å². The molecule has 1 amide bonds. The predicted octanol–water partition coefficient (Wildman–Crippen LogP) is -1.41. The molecular formula is C40H64N10O14S. The fraction of sp³-hybridized carbons (Fsp3) is 0.425. The normalized spacial score (nSPS) is 12.9. The van der Waals surface area contributed by atoms with Crippen LogP contribution in [0.4, 0.5) is 0 Å². The van der Waals surface area contributed by atoms with Gasteiger partial charge in [-0.3, -0.25) is 33.6 Å². The zero-order valence-electron chi connectivity index (χ0n) is 35.8. The van der Waals surface area contributed by atoms with E-state index in [9.17, 15) is 33.6 Å². The Kier molecular flexibility index (Phi) is 32.1. The number of hydrogen-bond acceptors (Lipinski definition) is 16. The number of carbonyl (C=O) groups excluding carboxylic acids is 1. The molecule has 0 aliphatic rings. The van der Waals surface area contributed by atoms with Gasteiger partial charge in [0.1, 0.15) is 36.3 Å². The third-order valence-corrected chi connectivity index (χ3v) is 9.00. The van der Waals surface area contributed by atoms with Gasteiger partial charge in [0.25, 0.3) is 0 Å². The second-order valence-electron chi connectivity index (χ2n) is 13.7. The van der Waals surface area contributed by atoms with E-state index in [-0.39, 0.29) is 6.42 Å². The number of carboxylic acids is 6. The molecule has 65 heavy (non-hydrogen) atoms. The van der Waals surface area contributed by atoms with Crippen molar-refractivity contribution < 1.29 is 69.3 Å². The number of aliphatic hydroxyl groups is 1. The SMILES string of the molecule is CSCC[C@H](N)C(=O)O.NC(=O)C[C@H](N)C(=O)O.NCCCC[C@H](N)C(=O)O.N[C@@H](CO)C(=O)O.N[C@@H](Cc1c[nH]c2ccccc12)C(=O)O.N[C@@H](Cc1c[nH]c2ccccc12)C(=O)O. The minimum Gasteiger partial charge on any atom is -0.480 e. The lowest BCUT2D eigenvalue weighted by atomic mass is 10.1. The van der Waals surface area contributed by atoms with Gasteiger partial charge in [0, 0.05) is 47.0 Å². The van der Waals surface area contributed by atoms with Crippen LogP contribution in [0.25, 0.3) is 21.8 Å². The Labute approximate surface area is 378 Å². The number of carbonyl (C=O) groups is 7. The molecule has 2 aromatic heterocycles. The molecule has 25 N–H and O–H groups in total. The van der Waals surface area contributed by atoms with E-state index in [0.29, 0.717) is 32.2 Å². The monoisotopic (exact) mass is 940 g/mol. The third-order valence-electron chi connectivity index (χ3n) is 8.35. The number of H-pyrrole nitrogens is 2. The summed E-state index contributed by atoms with van der Waals surface area (Å²) in [5.74, 6) is -6.07. The smallest absolute Gasteiger partial charge is 0.322 e. The zero-order chi connectivity index (χ0) is 50.2. The van der Waals surface area contributed by atoms with E-state index < -0.39 is 84.6 Å². The number of aromatic amines is 2. The Morgan fingerprint density at radius 3 is 1.22 bits per heavy atom. The molecule has 4 rings (SSSR count). The first kappa shape index (κ1) is 60.9. The van der Waals surface area contributed by atoms with Gasteiger partial charge in [0.15, 0.2) is 0 Å². The average Bonchev–Trinajstić information content (AvgIpc) is 3.86. The molecule has 0 bridgehead atoms. The first-order chi connectivity index (χ1) is 30.4. The van der Waals surface area contributed by atoms with Crippen LogP contribution in [0.1, 0.15) is 43.2 Å². The first-order valence-electron chi connectivity index (χ1n) is 19.5. The van der Waals surface area contributed by atoms with Crippen molar-refractivity contribution in [1.29, 1.82) is 0 Å². The largest absolute Gasteiger partial charge is 0.480 e. The second-order valence-corrected chi connectivity index (χ2v) is 14.7. The molecule has 0 saturated carbocycles. The van der Waals surface area contributed by atoms with Gasteiger partial charge >= 0.3 is 35.8 Å². The van der Waals surface area contributed by atoms with Gasteiger partial charge in [-0.1, -0.05) is 42.8 Å². The zero-order valence-corrected chi connectivity index (χ0v) is 36.6. The van der Waals surface area contributed by atoms with Gasteiger partial charge in [-0.25, -0.2) is 0 Å². The van der Waals surface area contributed by atoms with Gasteiger partial charge < -0.3 is 91.6 Å². The Morgan fingerprint density at radius 2 is 0.923 bits per heavy atom. The van der Waals surface area contributed by atoms with Crippen LogP contribution in [0.15, 0.2) is 60.9 Å². The summed E-state index contributed by atoms with van der Waals surface area (Å²) in [6, 6.07) is 10.1. The predicted molar refractivity (Wildman–Crippen MR) is 244 cm³/mol. The van der Waals surface area contributed by atoms with E-state index >= 15 is 0 Å². The number of aliphatic hydroxyl groups excluding tert-OH is 1. The Morgan fingerprint density at radius 1 is 0.554 bits per heavy atom. The number of carboxylic acid groups (broad SMARTS) is 6. The molecular weight excluding hydrogens is 877 g/mol. The van der Waals surface area contributed by atoms with E-state index in [1.165, 1.54) is 0 Å². The van der Waals surface area contributed by atoms with Crippen LogP contribution >= 0.6 is 11.8 Å². The third kappa shape index (κ3) is 27.6. The molecule has 0 aliphatic carbocycles. The van der Waals surface area contributed by atoms with Crippen LogP contribution in [0.5, 0.6) is 0 Å². The van der Waals surface area contributed by atoms with Gasteiger partial charge in [-0.2, -0.15) is 11.8 Å². The topological polar surface area (TPSA) is 501 Å². The molecule has 0 spiro atoms. The number of unbranched alkanes of at least 4 members (excludes halogenated alkanes) is 1. The van der Waals surface area contributed by atoms with Crippen molar-refractivity contribution in [2.75, 3.05) is 25.2 Å². The molecule has 364 valence electrons. The molecule has 0 saturated heterocycles. The number of aliphatic carboxylic acids is 6. The summed E-state index contributed by atoms with van der Waals surface area (Å²) in [6.07, 6.45) is 8.65. The number of amides is 1. The fourth-order valence-electron chi connectivity index (χ4n) is 4.63. The van der Waals surface area contributed by atoms with Crippen LogP contribution in [-0.4, -0.2) is 149 Å². The van der Waals surface area contributed by atoms with E-state index in [0.717, 1.165) is 51.5 Å². The number of thioether (sulfide) groups is 1. The van der Waals surface area contributed by atoms with Crippen molar-refractivity contribution in [3.63, 3.8) is 0 Å². The summed E-state index contributed by atoms with van der Waals surface area (Å²) in [5.41, 5.74) is 44.8. The maximum Gasteiger partial charge on any atom is 0.322 e. The molecule has 2 heterocycles. The lowest BCUT2D eigenvalue weighted by molar-refractivity contribution is -0.140. The van der Waals surface area contributed by atoms with Crippen LogP contribution in [-0.2, 0) is 46.4 Å². The summed E-state index contributed by atoms with van der Waals surface area (Å²) in [7, 11) is 0. The molecule has 4 aromatic rings. The van der Waals surface area contributed by atoms with Crippen LogP contribution in [0.2, 0.25) is 0 Å². The fourth-order valence-corrected chi connectivity index (χ4v) is 5.12. The molecule has 0 fully saturated rings. The highest BCUT2D eigenvalue weighted by Crippen LogP contribution is 2.19. The van der Waals surface area contributed by atoms with Gasteiger partial charge in [-0.15, -0.1) is 0 Å². The van der Waals surface area contributed by atoms with Crippen LogP contribution in [0, 0.1) is 0 Å². The number of hydrogen-bond donors (Lipinski definition) is 17. The average molecular weight is 941 g/mol. The highest BCUT2D eigenvalue weighted by atomic mass is 32.2. The summed E-state index contributed by atoms with van der Waals surface area (Å²) in [4.78, 5) is 77.2. The standard InChI is InChI=1S/2C11H12N2O2.C6H14N2O2.C5H11NO2S.C4H8N2O3.C3H7NO3/c2*12-9(11(14)15)5-7-6-13-10-4-2-1-3-8(7)10;7-4-2-1-3-5(8)6(9)10;1-9-3-2-4(6)5(7)8;5-2(4(8)9)1-3(6)7;4-2(1-5)3(6)7/h2*1-4,6,9,13H,5,12H2,(H,14,15);5H,1-4,7-8H2,(H,9,10);4H,2-3,6H2,1H3,(H,7,8);2H,1,5H2,(H2,6,7)(H,8,9);2,5H,1,4H2,(H,6,7)/t2*9-;5-;4-;2*2-/m000000/s1. The minimum absolute atomic E-state index is 0.310. The van der Waals surface area contributed by atoms with Crippen molar-refractivity contribution in [2.45, 2.75) is 81.2 Å². The van der Waals surface area contributed by atoms with Crippen molar-refractivity contribution >= 4 is 75.3 Å². The Hall–Kier alpha value is -6.16. The van der Waals surface area contributed by atoms with Crippen LogP contribution in [0.3, 0.4) is 0 Å². The minimum atomic E-state index is -1.21. The summed E-state index contributed by atoms with van der Waals surface area (Å²) in [5, 5.41) is 60.1. The maximum atomic E-state index is 10.6. The molecule has 0 aliphatic heterocycles. The van der Waals surface area contributed by atoms with Crippen molar-refractivity contribution in [1.82, 2.24) is 9.97 Å². The first-order valence-corrected chi connectivity index (χ1v) is 20.9. The van der Waals surface area contributed by atoms with E-state index in [2.05, 4.69) is 15.7 Å². The van der Waals surface area contributed by atoms with E-state index in [4.69, 9.17) is 75.9 Å². The number of nitrogens with two attached hydrogens (primary N) is 8. The molecule has 24 nitrogen and oxygen atoms in total. The summed E-state index contributed by atoms with van der Waals surface area (Å²) >= 11 is 1.60. The van der Waals surface area contributed by atoms with E-state index in [1.807, 2.05) is 67.2 Å². The Bertz CT molecular complexity index is 1960. The number of nitrogens with one attached hydrogen (secondary N) is 2. The van der Waals surface area contributed by atoms with Gasteiger partial charge in [0.05, 0.1) is 13.0 Å². The molecule has 25 heteroatoms. The number of primary amides is 1.